The number of hydrogen-bond acceptors (Lipinski definition) is 8. The number of anilines is 1. The number of alkyl halides is 3. The Morgan fingerprint density at radius 2 is 2.06 bits per heavy atom. The van der Waals surface area contributed by atoms with E-state index in [2.05, 4.69) is 20.4 Å². The number of piperidine rings is 1. The number of ether oxygens (including phenoxy) is 1. The van der Waals surface area contributed by atoms with Gasteiger partial charge in [0.1, 0.15) is 11.6 Å². The van der Waals surface area contributed by atoms with E-state index in [1.165, 1.54) is 0 Å². The predicted octanol–water partition coefficient (Wildman–Crippen LogP) is 2.98. The second-order valence-corrected chi connectivity index (χ2v) is 7.95. The van der Waals surface area contributed by atoms with Crippen LogP contribution >= 0.6 is 0 Å². The van der Waals surface area contributed by atoms with Gasteiger partial charge in [-0.2, -0.15) is 13.2 Å². The normalized spacial score (nSPS) is 19.3. The number of likely N-dealkylation sites (tertiary alicyclic amines) is 1. The number of aryl methyl sites for hydroxylation is 1. The zero-order chi connectivity index (χ0) is 24.2. The lowest BCUT2D eigenvalue weighted by Gasteiger charge is -2.36. The molecule has 3 N–H and O–H groups in total. The van der Waals surface area contributed by atoms with Crippen molar-refractivity contribution in [1.29, 1.82) is 0 Å². The number of hydrogen-bond donors (Lipinski definition) is 3. The summed E-state index contributed by atoms with van der Waals surface area (Å²) in [6, 6.07) is 4.01. The summed E-state index contributed by atoms with van der Waals surface area (Å²) >= 11 is 0. The first kappa shape index (κ1) is 24.7. The van der Waals surface area contributed by atoms with E-state index in [0.29, 0.717) is 50.1 Å². The van der Waals surface area contributed by atoms with Crippen LogP contribution in [-0.4, -0.2) is 69.7 Å². The molecule has 0 amide bonds. The Morgan fingerprint density at radius 3 is 2.70 bits per heavy atom. The van der Waals surface area contributed by atoms with Gasteiger partial charge in [-0.3, -0.25) is 4.79 Å². The van der Waals surface area contributed by atoms with Gasteiger partial charge in [0.2, 0.25) is 0 Å². The first-order chi connectivity index (χ1) is 15.6. The predicted molar refractivity (Wildman–Crippen MR) is 115 cm³/mol. The minimum absolute atomic E-state index is 0.141. The highest BCUT2D eigenvalue weighted by molar-refractivity contribution is 5.71. The molecule has 1 aliphatic rings. The number of carbonyl (C=O) groups excluding carboxylic acids is 1. The van der Waals surface area contributed by atoms with Crippen LogP contribution in [-0.2, 0) is 15.7 Å². The van der Waals surface area contributed by atoms with Crippen molar-refractivity contribution >= 4 is 11.8 Å². The minimum Gasteiger partial charge on any atom is -0.507 e. The summed E-state index contributed by atoms with van der Waals surface area (Å²) < 4.78 is 43.5. The lowest BCUT2D eigenvalue weighted by atomic mass is 10.0. The van der Waals surface area contributed by atoms with Crippen LogP contribution in [0, 0.1) is 6.92 Å². The van der Waals surface area contributed by atoms with Crippen LogP contribution < -0.4 is 5.32 Å². The Morgan fingerprint density at radius 1 is 1.30 bits per heavy atom. The molecule has 0 bridgehead atoms. The standard InChI is InChI=1S/C22H27F3N4O4/c1-3-33-20(32)7-9-29-8-6-17(30)16(12-29)26-19-10-13(2)21(28-27-19)15-5-4-14(11-18(15)31)22(23,24)25/h4-5,10-11,16-17,30-31H,3,6-9,12H2,1-2H3,(H,26,27)/t16-,17-/m0/s1. The van der Waals surface area contributed by atoms with Gasteiger partial charge < -0.3 is 25.2 Å². The number of nitrogens with zero attached hydrogens (tertiary/aromatic N) is 3. The molecule has 0 radical (unpaired) electrons. The Labute approximate surface area is 189 Å². The van der Waals surface area contributed by atoms with Crippen LogP contribution in [0.4, 0.5) is 19.0 Å². The van der Waals surface area contributed by atoms with Crippen LogP contribution in [0.15, 0.2) is 24.3 Å². The van der Waals surface area contributed by atoms with E-state index < -0.39 is 23.6 Å². The van der Waals surface area contributed by atoms with Crippen molar-refractivity contribution < 1.29 is 32.9 Å². The molecule has 180 valence electrons. The van der Waals surface area contributed by atoms with E-state index in [4.69, 9.17) is 4.74 Å². The largest absolute Gasteiger partial charge is 0.507 e. The van der Waals surface area contributed by atoms with Gasteiger partial charge in [-0.25, -0.2) is 0 Å². The Hall–Kier alpha value is -2.92. The molecular formula is C22H27F3N4O4. The molecule has 1 aromatic carbocycles. The van der Waals surface area contributed by atoms with Crippen LogP contribution in [0.5, 0.6) is 5.75 Å². The smallest absolute Gasteiger partial charge is 0.416 e. The SMILES string of the molecule is CCOC(=O)CCN1CC[C@H](O)[C@@H](Nc2cc(C)c(-c3ccc(C(F)(F)F)cc3O)nn2)C1. The molecule has 33 heavy (non-hydrogen) atoms. The summed E-state index contributed by atoms with van der Waals surface area (Å²) in [5.41, 5.74) is 0.0351. The number of nitrogens with one attached hydrogen (secondary N) is 1. The van der Waals surface area contributed by atoms with Gasteiger partial charge in [0.25, 0.3) is 0 Å². The molecule has 0 spiro atoms. The molecule has 2 atom stereocenters. The van der Waals surface area contributed by atoms with Crippen molar-refractivity contribution in [3.05, 3.63) is 35.4 Å². The fraction of sp³-hybridized carbons (Fsp3) is 0.500. The fourth-order valence-corrected chi connectivity index (χ4v) is 3.75. The summed E-state index contributed by atoms with van der Waals surface area (Å²) in [7, 11) is 0. The summed E-state index contributed by atoms with van der Waals surface area (Å²) in [6.45, 7) is 5.44. The van der Waals surface area contributed by atoms with Crippen molar-refractivity contribution in [2.24, 2.45) is 0 Å². The number of phenolic OH excluding ortho intramolecular Hbond substituents is 1. The molecular weight excluding hydrogens is 441 g/mol. The maximum atomic E-state index is 12.8. The number of aliphatic hydroxyl groups excluding tert-OH is 1. The fourth-order valence-electron chi connectivity index (χ4n) is 3.75. The monoisotopic (exact) mass is 468 g/mol. The molecule has 2 heterocycles. The number of carbonyl (C=O) groups is 1. The summed E-state index contributed by atoms with van der Waals surface area (Å²) in [6.07, 6.45) is -4.40. The second kappa shape index (κ2) is 10.3. The maximum absolute atomic E-state index is 12.8. The molecule has 11 heteroatoms. The molecule has 1 fully saturated rings. The van der Waals surface area contributed by atoms with Gasteiger partial charge in [0, 0.05) is 25.2 Å². The molecule has 8 nitrogen and oxygen atoms in total. The van der Waals surface area contributed by atoms with Gasteiger partial charge in [-0.05, 0) is 50.1 Å². The Bertz CT molecular complexity index is 987. The van der Waals surface area contributed by atoms with Gasteiger partial charge in [-0.1, -0.05) is 0 Å². The summed E-state index contributed by atoms with van der Waals surface area (Å²) in [5.74, 6) is -0.418. The van der Waals surface area contributed by atoms with Gasteiger partial charge in [-0.15, -0.1) is 10.2 Å². The van der Waals surface area contributed by atoms with E-state index in [9.17, 15) is 28.2 Å². The van der Waals surface area contributed by atoms with E-state index in [0.717, 1.165) is 12.1 Å². The van der Waals surface area contributed by atoms with Crippen molar-refractivity contribution in [2.75, 3.05) is 31.6 Å². The van der Waals surface area contributed by atoms with Crippen LogP contribution in [0.3, 0.4) is 0 Å². The van der Waals surface area contributed by atoms with Crippen molar-refractivity contribution in [3.63, 3.8) is 0 Å². The lowest BCUT2D eigenvalue weighted by Crippen LogP contribution is -2.50. The van der Waals surface area contributed by atoms with Crippen LogP contribution in [0.25, 0.3) is 11.3 Å². The lowest BCUT2D eigenvalue weighted by molar-refractivity contribution is -0.143. The Balaban J connectivity index is 1.69. The average Bonchev–Trinajstić information content (AvgIpc) is 2.74. The van der Waals surface area contributed by atoms with Crippen LogP contribution in [0.2, 0.25) is 0 Å². The first-order valence-electron chi connectivity index (χ1n) is 10.7. The maximum Gasteiger partial charge on any atom is 0.416 e. The zero-order valence-corrected chi connectivity index (χ0v) is 18.4. The molecule has 0 unspecified atom stereocenters. The van der Waals surface area contributed by atoms with E-state index in [1.807, 2.05) is 0 Å². The number of benzene rings is 1. The summed E-state index contributed by atoms with van der Waals surface area (Å²) in [4.78, 5) is 13.6. The first-order valence-corrected chi connectivity index (χ1v) is 10.7. The summed E-state index contributed by atoms with van der Waals surface area (Å²) in [5, 5.41) is 31.8. The number of aromatic hydroxyl groups is 1. The molecule has 1 aliphatic heterocycles. The number of esters is 1. The zero-order valence-electron chi connectivity index (χ0n) is 18.4. The molecule has 3 rings (SSSR count). The third-order valence-electron chi connectivity index (χ3n) is 5.50. The van der Waals surface area contributed by atoms with Gasteiger partial charge >= 0.3 is 12.1 Å². The van der Waals surface area contributed by atoms with Crippen molar-refractivity contribution in [3.8, 4) is 17.0 Å². The molecule has 1 aromatic heterocycles. The van der Waals surface area contributed by atoms with Crippen LogP contribution in [0.1, 0.15) is 30.9 Å². The highest BCUT2D eigenvalue weighted by Crippen LogP contribution is 2.36. The number of aliphatic hydroxyl groups is 1. The van der Waals surface area contributed by atoms with E-state index in [-0.39, 0.29) is 29.7 Å². The molecule has 1 saturated heterocycles. The van der Waals surface area contributed by atoms with Gasteiger partial charge in [0.15, 0.2) is 0 Å². The number of halogens is 3. The van der Waals surface area contributed by atoms with E-state index >= 15 is 0 Å². The quantitative estimate of drug-likeness (QED) is 0.533. The average molecular weight is 468 g/mol. The van der Waals surface area contributed by atoms with Crippen molar-refractivity contribution in [1.82, 2.24) is 15.1 Å². The third-order valence-corrected chi connectivity index (χ3v) is 5.50. The number of phenols is 1. The highest BCUT2D eigenvalue weighted by Gasteiger charge is 2.32. The molecule has 0 saturated carbocycles. The highest BCUT2D eigenvalue weighted by atomic mass is 19.4. The molecule has 2 aromatic rings. The Kier molecular flexibility index (Phi) is 7.75. The minimum atomic E-state index is -4.56. The third kappa shape index (κ3) is 6.32. The van der Waals surface area contributed by atoms with E-state index in [1.54, 1.807) is 19.9 Å². The van der Waals surface area contributed by atoms with Crippen molar-refractivity contribution in [2.45, 2.75) is 45.0 Å². The topological polar surface area (TPSA) is 108 Å². The van der Waals surface area contributed by atoms with Gasteiger partial charge in [0.05, 0.1) is 36.4 Å². The number of rotatable bonds is 7. The molecule has 0 aliphatic carbocycles. The number of aromatic nitrogens is 2. The second-order valence-electron chi connectivity index (χ2n) is 7.95.